The molecule has 1 unspecified atom stereocenters. The number of aromatic nitrogens is 1. The predicted molar refractivity (Wildman–Crippen MR) is 94.1 cm³/mol. The molecule has 0 aliphatic carbocycles. The van der Waals surface area contributed by atoms with Gasteiger partial charge < -0.3 is 15.7 Å². The molecule has 1 aliphatic heterocycles. The fourth-order valence-corrected chi connectivity index (χ4v) is 3.58. The van der Waals surface area contributed by atoms with E-state index >= 15 is 0 Å². The number of hydrogen-bond donors (Lipinski definition) is 4. The molecule has 26 heavy (non-hydrogen) atoms. The van der Waals surface area contributed by atoms with Crippen molar-refractivity contribution in [3.05, 3.63) is 47.8 Å². The monoisotopic (exact) mass is 378 g/mol. The molecule has 5 N–H and O–H groups in total. The van der Waals surface area contributed by atoms with Crippen LogP contribution in [0.4, 0.5) is 0 Å². The maximum atomic E-state index is 12.2. The Morgan fingerprint density at radius 1 is 1.23 bits per heavy atom. The minimum Gasteiger partial charge on any atom is -0.477 e. The topological polar surface area (TPSA) is 144 Å². The van der Waals surface area contributed by atoms with Crippen LogP contribution >= 0.6 is 0 Å². The molecule has 10 heteroatoms. The highest BCUT2D eigenvalue weighted by atomic mass is 32.2. The lowest BCUT2D eigenvalue weighted by Crippen LogP contribution is -2.36. The number of aromatic carboxylic acids is 1. The van der Waals surface area contributed by atoms with Gasteiger partial charge in [0.25, 0.3) is 5.91 Å². The highest BCUT2D eigenvalue weighted by Gasteiger charge is 2.23. The van der Waals surface area contributed by atoms with Gasteiger partial charge in [0.1, 0.15) is 0 Å². The third-order valence-electron chi connectivity index (χ3n) is 4.18. The van der Waals surface area contributed by atoms with Crippen molar-refractivity contribution in [2.45, 2.75) is 12.5 Å². The Balaban J connectivity index is 1.88. The largest absolute Gasteiger partial charge is 0.477 e. The quantitative estimate of drug-likeness (QED) is 0.576. The molecule has 2 heterocycles. The number of carbonyl (C=O) groups excluding carboxylic acids is 1. The van der Waals surface area contributed by atoms with E-state index in [2.05, 4.69) is 10.6 Å². The van der Waals surface area contributed by atoms with Gasteiger partial charge in [-0.15, -0.1) is 0 Å². The van der Waals surface area contributed by atoms with Gasteiger partial charge in [-0.3, -0.25) is 4.79 Å². The Labute approximate surface area is 150 Å². The number of hydrogen-bond acceptors (Lipinski definition) is 5. The van der Waals surface area contributed by atoms with Crippen LogP contribution in [0.15, 0.2) is 36.5 Å². The lowest BCUT2D eigenvalue weighted by molar-refractivity contribution is 0.0689. The van der Waals surface area contributed by atoms with Crippen molar-refractivity contribution < 1.29 is 23.1 Å². The minimum absolute atomic E-state index is 0.0876. The molecular formula is C16H18N4O5S. The van der Waals surface area contributed by atoms with Crippen LogP contribution in [0.25, 0.3) is 11.1 Å². The van der Waals surface area contributed by atoms with Crippen molar-refractivity contribution in [1.29, 1.82) is 0 Å². The van der Waals surface area contributed by atoms with Crippen LogP contribution in [0.2, 0.25) is 0 Å². The third-order valence-corrected chi connectivity index (χ3v) is 5.04. The number of nitrogens with zero attached hydrogens (tertiary/aromatic N) is 1. The minimum atomic E-state index is -4.23. The molecule has 1 aliphatic rings. The predicted octanol–water partition coefficient (Wildman–Crippen LogP) is -0.00340. The lowest BCUT2D eigenvalue weighted by atomic mass is 10.0. The molecule has 0 spiro atoms. The van der Waals surface area contributed by atoms with Gasteiger partial charge >= 0.3 is 16.2 Å². The van der Waals surface area contributed by atoms with E-state index in [4.69, 9.17) is 5.14 Å². The standard InChI is InChI=1S/C16H18N4O5S/c17-26(24,25)20-8-6-13(14(20)16(22)23)10-1-3-11(4-2-10)15(21)19-12-5-7-18-9-12/h1-4,6,8,12,18H,5,7,9H2,(H,19,21)(H,22,23)(H2,17,24,25). The molecular weight excluding hydrogens is 360 g/mol. The zero-order chi connectivity index (χ0) is 18.9. The molecule has 1 amide bonds. The van der Waals surface area contributed by atoms with Crippen LogP contribution in [-0.4, -0.2) is 48.5 Å². The second-order valence-electron chi connectivity index (χ2n) is 5.96. The summed E-state index contributed by atoms with van der Waals surface area (Å²) < 4.78 is 23.6. The van der Waals surface area contributed by atoms with E-state index in [0.29, 0.717) is 15.1 Å². The fraction of sp³-hybridized carbons (Fsp3) is 0.250. The molecule has 2 aromatic rings. The van der Waals surface area contributed by atoms with Crippen molar-refractivity contribution in [3.8, 4) is 11.1 Å². The highest BCUT2D eigenvalue weighted by molar-refractivity contribution is 7.87. The molecule has 9 nitrogen and oxygen atoms in total. The number of nitrogens with one attached hydrogen (secondary N) is 2. The molecule has 0 saturated carbocycles. The van der Waals surface area contributed by atoms with Gasteiger partial charge in [-0.05, 0) is 36.7 Å². The van der Waals surface area contributed by atoms with Gasteiger partial charge in [-0.2, -0.15) is 8.42 Å². The summed E-state index contributed by atoms with van der Waals surface area (Å²) in [4.78, 5) is 23.7. The van der Waals surface area contributed by atoms with E-state index < -0.39 is 21.9 Å². The van der Waals surface area contributed by atoms with Gasteiger partial charge in [0, 0.05) is 29.9 Å². The number of amides is 1. The maximum absolute atomic E-state index is 12.2. The number of carboxylic acid groups (broad SMARTS) is 1. The number of nitrogens with two attached hydrogens (primary N) is 1. The summed E-state index contributed by atoms with van der Waals surface area (Å²) in [5, 5.41) is 20.5. The first-order chi connectivity index (χ1) is 12.3. The van der Waals surface area contributed by atoms with Gasteiger partial charge in [0.05, 0.1) is 0 Å². The Morgan fingerprint density at radius 3 is 2.46 bits per heavy atom. The lowest BCUT2D eigenvalue weighted by Gasteiger charge is -2.11. The maximum Gasteiger partial charge on any atom is 0.354 e. The van der Waals surface area contributed by atoms with Crippen LogP contribution in [0, 0.1) is 0 Å². The number of carboxylic acids is 1. The molecule has 1 saturated heterocycles. The van der Waals surface area contributed by atoms with Gasteiger partial charge in [-0.25, -0.2) is 13.9 Å². The van der Waals surface area contributed by atoms with E-state index in [0.717, 1.165) is 25.7 Å². The SMILES string of the molecule is NS(=O)(=O)n1ccc(-c2ccc(C(=O)NC3CCNC3)cc2)c1C(=O)O. The summed E-state index contributed by atoms with van der Waals surface area (Å²) in [7, 11) is -4.23. The van der Waals surface area contributed by atoms with E-state index in [1.54, 1.807) is 24.3 Å². The Kier molecular flexibility index (Phi) is 4.81. The van der Waals surface area contributed by atoms with Crippen molar-refractivity contribution in [2.24, 2.45) is 5.14 Å². The second kappa shape index (κ2) is 6.90. The summed E-state index contributed by atoms with van der Waals surface area (Å²) in [6, 6.07) is 7.70. The zero-order valence-corrected chi connectivity index (χ0v) is 14.5. The molecule has 1 atom stereocenters. The van der Waals surface area contributed by atoms with Crippen molar-refractivity contribution >= 4 is 22.1 Å². The van der Waals surface area contributed by atoms with Crippen molar-refractivity contribution in [2.75, 3.05) is 13.1 Å². The van der Waals surface area contributed by atoms with Gasteiger partial charge in [0.2, 0.25) is 0 Å². The second-order valence-corrected chi connectivity index (χ2v) is 7.39. The summed E-state index contributed by atoms with van der Waals surface area (Å²) >= 11 is 0. The smallest absolute Gasteiger partial charge is 0.354 e. The third kappa shape index (κ3) is 3.62. The molecule has 0 bridgehead atoms. The molecule has 138 valence electrons. The average molecular weight is 378 g/mol. The van der Waals surface area contributed by atoms with Crippen LogP contribution in [0.5, 0.6) is 0 Å². The Morgan fingerprint density at radius 2 is 1.92 bits per heavy atom. The van der Waals surface area contributed by atoms with Gasteiger partial charge in [-0.1, -0.05) is 12.1 Å². The highest BCUT2D eigenvalue weighted by Crippen LogP contribution is 2.26. The van der Waals surface area contributed by atoms with Crippen molar-refractivity contribution in [3.63, 3.8) is 0 Å². The molecule has 1 aromatic carbocycles. The number of rotatable bonds is 5. The summed E-state index contributed by atoms with van der Waals surface area (Å²) in [5.41, 5.74) is 0.632. The van der Waals surface area contributed by atoms with E-state index in [-0.39, 0.29) is 17.5 Å². The first kappa shape index (κ1) is 18.1. The molecule has 0 radical (unpaired) electrons. The van der Waals surface area contributed by atoms with Gasteiger partial charge in [0.15, 0.2) is 5.69 Å². The van der Waals surface area contributed by atoms with Crippen LogP contribution in [0.3, 0.4) is 0 Å². The first-order valence-electron chi connectivity index (χ1n) is 7.87. The molecule has 1 fully saturated rings. The Hall–Kier alpha value is -2.69. The van der Waals surface area contributed by atoms with Crippen LogP contribution < -0.4 is 15.8 Å². The van der Waals surface area contributed by atoms with E-state index in [1.807, 2.05) is 0 Å². The van der Waals surface area contributed by atoms with Crippen LogP contribution in [-0.2, 0) is 10.2 Å². The normalized spacial score (nSPS) is 17.2. The number of benzene rings is 1. The average Bonchev–Trinajstić information content (AvgIpc) is 3.23. The summed E-state index contributed by atoms with van der Waals surface area (Å²) in [6.45, 7) is 1.59. The van der Waals surface area contributed by atoms with E-state index in [9.17, 15) is 23.1 Å². The molecule has 1 aromatic heterocycles. The van der Waals surface area contributed by atoms with E-state index in [1.165, 1.54) is 6.07 Å². The zero-order valence-electron chi connectivity index (χ0n) is 13.7. The van der Waals surface area contributed by atoms with Crippen molar-refractivity contribution in [1.82, 2.24) is 14.6 Å². The first-order valence-corrected chi connectivity index (χ1v) is 9.37. The Bertz CT molecular complexity index is 944. The van der Waals surface area contributed by atoms with Crippen LogP contribution in [0.1, 0.15) is 27.3 Å². The fourth-order valence-electron chi connectivity index (χ4n) is 2.92. The summed E-state index contributed by atoms with van der Waals surface area (Å²) in [6.07, 6.45) is 1.95. The molecule has 3 rings (SSSR count). The number of carbonyl (C=O) groups is 2. The summed E-state index contributed by atoms with van der Waals surface area (Å²) in [5.74, 6) is -1.64.